The van der Waals surface area contributed by atoms with E-state index in [0.717, 1.165) is 51.2 Å². The predicted octanol–water partition coefficient (Wildman–Crippen LogP) is 3.61. The van der Waals surface area contributed by atoms with E-state index in [1.54, 1.807) is 6.07 Å². The monoisotopic (exact) mass is 410 g/mol. The van der Waals surface area contributed by atoms with Gasteiger partial charge in [-0.3, -0.25) is 4.90 Å². The molecule has 5 nitrogen and oxygen atoms in total. The average Bonchev–Trinajstić information content (AvgIpc) is 2.72. The van der Waals surface area contributed by atoms with Gasteiger partial charge in [-0.15, -0.1) is 0 Å². The lowest BCUT2D eigenvalue weighted by Gasteiger charge is -2.46. The molecule has 2 atom stereocenters. The number of ether oxygens (including phenoxy) is 1. The molecule has 0 aliphatic carbocycles. The third kappa shape index (κ3) is 4.77. The number of aromatic nitrogens is 2. The van der Waals surface area contributed by atoms with Crippen LogP contribution in [-0.2, 0) is 6.18 Å². The molecule has 156 valence electrons. The number of rotatable bonds is 4. The molecule has 2 unspecified atom stereocenters. The summed E-state index contributed by atoms with van der Waals surface area (Å²) in [7, 11) is 0. The number of nitrogens with zero attached hydrogens (tertiary/aromatic N) is 4. The van der Waals surface area contributed by atoms with Gasteiger partial charge in [-0.2, -0.15) is 13.2 Å². The minimum Gasteiger partial charge on any atom is -0.493 e. The quantitative estimate of drug-likeness (QED) is 0.721. The minimum absolute atomic E-state index is 0.250. The third-order valence-corrected chi connectivity index (χ3v) is 5.54. The summed E-state index contributed by atoms with van der Waals surface area (Å²) in [6, 6.07) is 5.38. The van der Waals surface area contributed by atoms with Gasteiger partial charge in [0.1, 0.15) is 5.75 Å². The first-order valence-electron chi connectivity index (χ1n) is 9.65. The Kier molecular flexibility index (Phi) is 5.58. The Morgan fingerprint density at radius 3 is 2.62 bits per heavy atom. The predicted molar refractivity (Wildman–Crippen MR) is 99.2 cm³/mol. The molecule has 0 amide bonds. The molecule has 0 radical (unpaired) electrons. The van der Waals surface area contributed by atoms with Crippen LogP contribution in [0.5, 0.6) is 5.75 Å². The van der Waals surface area contributed by atoms with Gasteiger partial charge in [0.15, 0.2) is 5.82 Å². The van der Waals surface area contributed by atoms with Gasteiger partial charge in [0, 0.05) is 38.1 Å². The summed E-state index contributed by atoms with van der Waals surface area (Å²) in [6.45, 7) is 3.62. The van der Waals surface area contributed by atoms with Crippen molar-refractivity contribution in [1.29, 1.82) is 0 Å². The molecule has 29 heavy (non-hydrogen) atoms. The SMILES string of the molecule is Fc1cnc(N2CCN3CC(COc4cccc(C(F)(F)F)c4)CCC3C2)nc1. The van der Waals surface area contributed by atoms with Crippen LogP contribution < -0.4 is 9.64 Å². The van der Waals surface area contributed by atoms with E-state index in [1.807, 2.05) is 0 Å². The standard InChI is InChI=1S/C20H22F4N4O/c21-16-9-25-19(26-10-16)28-7-6-27-11-14(4-5-17(27)12-28)13-29-18-3-1-2-15(8-18)20(22,23)24/h1-3,8-10,14,17H,4-7,11-13H2. The molecule has 1 aromatic carbocycles. The number of anilines is 1. The summed E-state index contributed by atoms with van der Waals surface area (Å²) in [5.41, 5.74) is -0.696. The zero-order valence-electron chi connectivity index (χ0n) is 15.8. The largest absolute Gasteiger partial charge is 0.493 e. The smallest absolute Gasteiger partial charge is 0.416 e. The van der Waals surface area contributed by atoms with Crippen molar-refractivity contribution in [2.24, 2.45) is 5.92 Å². The van der Waals surface area contributed by atoms with E-state index in [1.165, 1.54) is 18.5 Å². The highest BCUT2D eigenvalue weighted by atomic mass is 19.4. The maximum Gasteiger partial charge on any atom is 0.416 e. The van der Waals surface area contributed by atoms with Gasteiger partial charge in [-0.1, -0.05) is 6.07 Å². The molecule has 2 aromatic rings. The number of piperazine rings is 1. The molecule has 2 saturated heterocycles. The van der Waals surface area contributed by atoms with Crippen LogP contribution in [0.15, 0.2) is 36.7 Å². The summed E-state index contributed by atoms with van der Waals surface area (Å²) in [5, 5.41) is 0. The van der Waals surface area contributed by atoms with E-state index >= 15 is 0 Å². The third-order valence-electron chi connectivity index (χ3n) is 5.54. The van der Waals surface area contributed by atoms with Crippen molar-refractivity contribution in [3.63, 3.8) is 0 Å². The first-order valence-corrected chi connectivity index (χ1v) is 9.65. The van der Waals surface area contributed by atoms with Crippen molar-refractivity contribution >= 4 is 5.95 Å². The summed E-state index contributed by atoms with van der Waals surface area (Å²) in [6.07, 6.45) is -0.106. The van der Waals surface area contributed by atoms with Crippen molar-refractivity contribution in [2.45, 2.75) is 25.1 Å². The van der Waals surface area contributed by atoms with Crippen molar-refractivity contribution in [3.8, 4) is 5.75 Å². The topological polar surface area (TPSA) is 41.5 Å². The van der Waals surface area contributed by atoms with Gasteiger partial charge in [0.25, 0.3) is 0 Å². The Labute approximate surface area is 166 Å². The van der Waals surface area contributed by atoms with Crippen LogP contribution in [0.25, 0.3) is 0 Å². The van der Waals surface area contributed by atoms with E-state index in [4.69, 9.17) is 4.74 Å². The zero-order valence-corrected chi connectivity index (χ0v) is 15.8. The molecule has 2 aliphatic rings. The molecule has 0 saturated carbocycles. The number of benzene rings is 1. The zero-order chi connectivity index (χ0) is 20.4. The molecular formula is C20H22F4N4O. The summed E-state index contributed by atoms with van der Waals surface area (Å²) in [5.74, 6) is 0.615. The van der Waals surface area contributed by atoms with E-state index in [0.29, 0.717) is 18.6 Å². The maximum absolute atomic E-state index is 13.0. The first-order chi connectivity index (χ1) is 13.9. The summed E-state index contributed by atoms with van der Waals surface area (Å²) < 4.78 is 57.2. The fourth-order valence-corrected chi connectivity index (χ4v) is 4.02. The number of alkyl halides is 3. The molecule has 9 heteroatoms. The highest BCUT2D eigenvalue weighted by Gasteiger charge is 2.34. The summed E-state index contributed by atoms with van der Waals surface area (Å²) in [4.78, 5) is 12.6. The van der Waals surface area contributed by atoms with E-state index in [-0.39, 0.29) is 11.7 Å². The second kappa shape index (κ2) is 8.14. The van der Waals surface area contributed by atoms with Gasteiger partial charge < -0.3 is 9.64 Å². The highest BCUT2D eigenvalue weighted by molar-refractivity contribution is 5.31. The van der Waals surface area contributed by atoms with E-state index in [2.05, 4.69) is 19.8 Å². The fourth-order valence-electron chi connectivity index (χ4n) is 4.02. The number of hydrogen-bond acceptors (Lipinski definition) is 5. The number of hydrogen-bond donors (Lipinski definition) is 0. The van der Waals surface area contributed by atoms with Gasteiger partial charge in [0.05, 0.1) is 24.6 Å². The van der Waals surface area contributed by atoms with Crippen LogP contribution in [0.2, 0.25) is 0 Å². The fraction of sp³-hybridized carbons (Fsp3) is 0.500. The average molecular weight is 410 g/mol. The lowest BCUT2D eigenvalue weighted by molar-refractivity contribution is -0.137. The van der Waals surface area contributed by atoms with Crippen molar-refractivity contribution in [2.75, 3.05) is 37.7 Å². The lowest BCUT2D eigenvalue weighted by atomic mass is 9.91. The van der Waals surface area contributed by atoms with Crippen LogP contribution >= 0.6 is 0 Å². The van der Waals surface area contributed by atoms with Crippen LogP contribution in [0.1, 0.15) is 18.4 Å². The Balaban J connectivity index is 1.30. The van der Waals surface area contributed by atoms with Crippen LogP contribution in [0, 0.1) is 11.7 Å². The van der Waals surface area contributed by atoms with Crippen molar-refractivity contribution < 1.29 is 22.3 Å². The van der Waals surface area contributed by atoms with Gasteiger partial charge in [0.2, 0.25) is 5.95 Å². The van der Waals surface area contributed by atoms with Crippen molar-refractivity contribution in [1.82, 2.24) is 14.9 Å². The number of halogens is 4. The van der Waals surface area contributed by atoms with E-state index < -0.39 is 17.6 Å². The number of fused-ring (bicyclic) bond motifs is 1. The Morgan fingerprint density at radius 2 is 1.86 bits per heavy atom. The summed E-state index contributed by atoms with van der Waals surface area (Å²) >= 11 is 0. The first kappa shape index (κ1) is 19.9. The van der Waals surface area contributed by atoms with Crippen LogP contribution in [0.3, 0.4) is 0 Å². The molecule has 2 fully saturated rings. The number of piperidine rings is 1. The minimum atomic E-state index is -4.37. The second-order valence-corrected chi connectivity index (χ2v) is 7.58. The Bertz CT molecular complexity index is 830. The molecule has 0 bridgehead atoms. The maximum atomic E-state index is 13.0. The van der Waals surface area contributed by atoms with E-state index in [9.17, 15) is 17.6 Å². The molecular weight excluding hydrogens is 388 g/mol. The van der Waals surface area contributed by atoms with Gasteiger partial charge in [-0.25, -0.2) is 14.4 Å². The normalized spacial score (nSPS) is 23.0. The van der Waals surface area contributed by atoms with Crippen LogP contribution in [0.4, 0.5) is 23.5 Å². The molecule has 4 rings (SSSR count). The molecule has 2 aliphatic heterocycles. The van der Waals surface area contributed by atoms with Crippen LogP contribution in [-0.4, -0.2) is 53.7 Å². The van der Waals surface area contributed by atoms with Crippen molar-refractivity contribution in [3.05, 3.63) is 48.0 Å². The molecule has 1 aromatic heterocycles. The molecule has 0 spiro atoms. The van der Waals surface area contributed by atoms with Gasteiger partial charge >= 0.3 is 6.18 Å². The second-order valence-electron chi connectivity index (χ2n) is 7.58. The Hall–Kier alpha value is -2.42. The van der Waals surface area contributed by atoms with Gasteiger partial charge in [-0.05, 0) is 31.0 Å². The molecule has 0 N–H and O–H groups in total. The lowest BCUT2D eigenvalue weighted by Crippen LogP contribution is -2.57. The highest BCUT2D eigenvalue weighted by Crippen LogP contribution is 2.32. The molecule has 3 heterocycles. The Morgan fingerprint density at radius 1 is 1.07 bits per heavy atom.